The molecule has 4 heteroatoms. The summed E-state index contributed by atoms with van der Waals surface area (Å²) >= 11 is 0. The molecule has 18 heavy (non-hydrogen) atoms. The number of nitrogens with zero attached hydrogens (tertiary/aromatic N) is 2. The number of amides is 2. The van der Waals surface area contributed by atoms with E-state index in [2.05, 4.69) is 18.7 Å². The van der Waals surface area contributed by atoms with Gasteiger partial charge in [0, 0.05) is 13.1 Å². The number of rotatable bonds is 5. The number of likely N-dealkylation sites (N-methyl/N-ethyl adjacent to an activating group) is 1. The molecule has 2 amide bonds. The predicted molar refractivity (Wildman–Crippen MR) is 69.9 cm³/mol. The van der Waals surface area contributed by atoms with E-state index in [1.165, 1.54) is 4.90 Å². The zero-order chi connectivity index (χ0) is 13.1. The fraction of sp³-hybridized carbons (Fsp3) is 0.714. The van der Waals surface area contributed by atoms with Crippen molar-refractivity contribution < 1.29 is 9.59 Å². The second kappa shape index (κ2) is 5.65. The second-order valence-electron chi connectivity index (χ2n) is 5.01. The molecular formula is C14H22N2O2. The van der Waals surface area contributed by atoms with Gasteiger partial charge in [-0.1, -0.05) is 26.0 Å². The van der Waals surface area contributed by atoms with E-state index in [0.29, 0.717) is 6.54 Å². The standard InChI is InChI=1S/C14H22N2O2/c1-3-15(4-2)9-10-16-13(17)11-7-5-6-8-12(11)14(16)18/h5-6,11-12H,3-4,7-10H2,1-2H3/t11-,12+. The van der Waals surface area contributed by atoms with E-state index in [0.717, 1.165) is 32.5 Å². The predicted octanol–water partition coefficient (Wildman–Crippen LogP) is 1.28. The Balaban J connectivity index is 1.98. The van der Waals surface area contributed by atoms with Crippen molar-refractivity contribution in [2.75, 3.05) is 26.2 Å². The molecule has 1 aliphatic carbocycles. The average molecular weight is 250 g/mol. The van der Waals surface area contributed by atoms with Gasteiger partial charge < -0.3 is 4.90 Å². The first-order valence-corrected chi connectivity index (χ1v) is 6.91. The van der Waals surface area contributed by atoms with Crippen molar-refractivity contribution in [1.82, 2.24) is 9.80 Å². The van der Waals surface area contributed by atoms with Gasteiger partial charge in [-0.15, -0.1) is 0 Å². The lowest BCUT2D eigenvalue weighted by molar-refractivity contribution is -0.140. The van der Waals surface area contributed by atoms with E-state index >= 15 is 0 Å². The molecule has 1 saturated heterocycles. The molecule has 1 aliphatic heterocycles. The number of hydrogen-bond acceptors (Lipinski definition) is 3. The molecule has 1 heterocycles. The van der Waals surface area contributed by atoms with Gasteiger partial charge >= 0.3 is 0 Å². The maximum atomic E-state index is 12.2. The zero-order valence-electron chi connectivity index (χ0n) is 11.3. The fourth-order valence-corrected chi connectivity index (χ4v) is 2.87. The highest BCUT2D eigenvalue weighted by molar-refractivity contribution is 6.05. The van der Waals surface area contributed by atoms with Crippen molar-refractivity contribution in [3.8, 4) is 0 Å². The summed E-state index contributed by atoms with van der Waals surface area (Å²) in [5.41, 5.74) is 0. The highest BCUT2D eigenvalue weighted by Gasteiger charge is 2.46. The molecule has 0 radical (unpaired) electrons. The number of likely N-dealkylation sites (tertiary alicyclic amines) is 1. The minimum atomic E-state index is -0.0841. The number of hydrogen-bond donors (Lipinski definition) is 0. The summed E-state index contributed by atoms with van der Waals surface area (Å²) in [6.07, 6.45) is 5.52. The van der Waals surface area contributed by atoms with E-state index in [4.69, 9.17) is 0 Å². The van der Waals surface area contributed by atoms with Crippen LogP contribution in [0.25, 0.3) is 0 Å². The minimum Gasteiger partial charge on any atom is -0.302 e. The molecule has 0 aromatic carbocycles. The molecule has 0 aromatic heterocycles. The van der Waals surface area contributed by atoms with Crippen LogP contribution in [-0.4, -0.2) is 47.8 Å². The highest BCUT2D eigenvalue weighted by atomic mass is 16.2. The van der Waals surface area contributed by atoms with Crippen LogP contribution in [0.4, 0.5) is 0 Å². The Bertz CT molecular complexity index is 335. The van der Waals surface area contributed by atoms with Crippen molar-refractivity contribution in [2.45, 2.75) is 26.7 Å². The lowest BCUT2D eigenvalue weighted by atomic mass is 9.85. The van der Waals surface area contributed by atoms with E-state index in [9.17, 15) is 9.59 Å². The third kappa shape index (κ3) is 2.34. The topological polar surface area (TPSA) is 40.6 Å². The van der Waals surface area contributed by atoms with E-state index in [1.807, 2.05) is 12.2 Å². The molecule has 2 rings (SSSR count). The van der Waals surface area contributed by atoms with Crippen molar-refractivity contribution in [1.29, 1.82) is 0 Å². The maximum absolute atomic E-state index is 12.2. The molecule has 0 bridgehead atoms. The molecule has 0 spiro atoms. The number of carbonyl (C=O) groups excluding carboxylic acids is 2. The zero-order valence-corrected chi connectivity index (χ0v) is 11.3. The van der Waals surface area contributed by atoms with Gasteiger partial charge in [-0.05, 0) is 25.9 Å². The van der Waals surface area contributed by atoms with Gasteiger partial charge in [0.1, 0.15) is 0 Å². The van der Waals surface area contributed by atoms with Crippen LogP contribution in [0.3, 0.4) is 0 Å². The van der Waals surface area contributed by atoms with Gasteiger partial charge in [0.25, 0.3) is 0 Å². The fourth-order valence-electron chi connectivity index (χ4n) is 2.87. The average Bonchev–Trinajstić information content (AvgIpc) is 2.65. The molecule has 1 fully saturated rings. The number of imide groups is 1. The van der Waals surface area contributed by atoms with Gasteiger partial charge in [-0.3, -0.25) is 14.5 Å². The van der Waals surface area contributed by atoms with Crippen LogP contribution < -0.4 is 0 Å². The van der Waals surface area contributed by atoms with Gasteiger partial charge in [0.2, 0.25) is 11.8 Å². The quantitative estimate of drug-likeness (QED) is 0.545. The summed E-state index contributed by atoms with van der Waals surface area (Å²) in [5, 5.41) is 0. The van der Waals surface area contributed by atoms with Crippen molar-refractivity contribution in [3.05, 3.63) is 12.2 Å². The van der Waals surface area contributed by atoms with Crippen molar-refractivity contribution in [2.24, 2.45) is 11.8 Å². The lowest BCUT2D eigenvalue weighted by Gasteiger charge is -2.22. The van der Waals surface area contributed by atoms with Crippen molar-refractivity contribution >= 4 is 11.8 Å². The first kappa shape index (κ1) is 13.3. The van der Waals surface area contributed by atoms with Crippen molar-refractivity contribution in [3.63, 3.8) is 0 Å². The summed E-state index contributed by atoms with van der Waals surface area (Å²) in [6.45, 7) is 7.45. The summed E-state index contributed by atoms with van der Waals surface area (Å²) in [5.74, 6) is -0.0820. The van der Waals surface area contributed by atoms with Crippen LogP contribution in [0.15, 0.2) is 12.2 Å². The molecule has 2 atom stereocenters. The third-order valence-electron chi connectivity index (χ3n) is 4.13. The number of fused-ring (bicyclic) bond motifs is 1. The van der Waals surface area contributed by atoms with E-state index in [1.54, 1.807) is 0 Å². The first-order valence-electron chi connectivity index (χ1n) is 6.91. The monoisotopic (exact) mass is 250 g/mol. The second-order valence-corrected chi connectivity index (χ2v) is 5.01. The minimum absolute atomic E-state index is 0.0431. The Morgan fingerprint density at radius 2 is 1.61 bits per heavy atom. The van der Waals surface area contributed by atoms with Crippen LogP contribution in [0, 0.1) is 11.8 Å². The van der Waals surface area contributed by atoms with Crippen LogP contribution in [0.2, 0.25) is 0 Å². The summed E-state index contributed by atoms with van der Waals surface area (Å²) in [7, 11) is 0. The molecule has 2 aliphatic rings. The molecule has 4 nitrogen and oxygen atoms in total. The summed E-state index contributed by atoms with van der Waals surface area (Å²) < 4.78 is 0. The van der Waals surface area contributed by atoms with Crippen LogP contribution in [-0.2, 0) is 9.59 Å². The van der Waals surface area contributed by atoms with Crippen LogP contribution in [0.1, 0.15) is 26.7 Å². The largest absolute Gasteiger partial charge is 0.302 e. The molecule has 0 aromatic rings. The number of allylic oxidation sites excluding steroid dienone is 2. The summed E-state index contributed by atoms with van der Waals surface area (Å²) in [4.78, 5) is 28.1. The molecule has 0 saturated carbocycles. The Morgan fingerprint density at radius 1 is 1.11 bits per heavy atom. The van der Waals surface area contributed by atoms with Crippen LogP contribution in [0.5, 0.6) is 0 Å². The van der Waals surface area contributed by atoms with E-state index < -0.39 is 0 Å². The molecule has 0 unspecified atom stereocenters. The third-order valence-corrected chi connectivity index (χ3v) is 4.13. The lowest BCUT2D eigenvalue weighted by Crippen LogP contribution is -2.38. The van der Waals surface area contributed by atoms with Gasteiger partial charge in [-0.2, -0.15) is 0 Å². The number of carbonyl (C=O) groups is 2. The molecular weight excluding hydrogens is 228 g/mol. The molecule has 0 N–H and O–H groups in total. The van der Waals surface area contributed by atoms with Gasteiger partial charge in [-0.25, -0.2) is 0 Å². The Morgan fingerprint density at radius 3 is 2.06 bits per heavy atom. The van der Waals surface area contributed by atoms with Gasteiger partial charge in [0.15, 0.2) is 0 Å². The van der Waals surface area contributed by atoms with E-state index in [-0.39, 0.29) is 23.7 Å². The first-order chi connectivity index (χ1) is 8.69. The smallest absolute Gasteiger partial charge is 0.233 e. The highest BCUT2D eigenvalue weighted by Crippen LogP contribution is 2.34. The Hall–Kier alpha value is -1.16. The van der Waals surface area contributed by atoms with Gasteiger partial charge in [0.05, 0.1) is 11.8 Å². The summed E-state index contributed by atoms with van der Waals surface area (Å²) in [6, 6.07) is 0. The SMILES string of the molecule is CCN(CC)CCN1C(=O)[C@H]2CC=CC[C@H]2C1=O. The molecule has 100 valence electrons. The van der Waals surface area contributed by atoms with Crippen LogP contribution >= 0.6 is 0 Å². The normalized spacial score (nSPS) is 27.2. The Labute approximate surface area is 109 Å². The Kier molecular flexibility index (Phi) is 4.17. The maximum Gasteiger partial charge on any atom is 0.233 e.